The molecule has 3 rings (SSSR count). The van der Waals surface area contributed by atoms with Crippen LogP contribution >= 0.6 is 0 Å². The van der Waals surface area contributed by atoms with Crippen molar-refractivity contribution in [2.45, 2.75) is 25.4 Å². The number of ketones is 1. The minimum absolute atomic E-state index is 0.0906. The quantitative estimate of drug-likeness (QED) is 0.781. The van der Waals surface area contributed by atoms with Gasteiger partial charge in [-0.15, -0.1) is 0 Å². The lowest BCUT2D eigenvalue weighted by atomic mass is 9.84. The van der Waals surface area contributed by atoms with Crippen LogP contribution in [0.25, 0.3) is 11.1 Å². The maximum atomic E-state index is 13.9. The normalized spacial score (nSPS) is 19.1. The summed E-state index contributed by atoms with van der Waals surface area (Å²) in [7, 11) is 0. The van der Waals surface area contributed by atoms with Crippen molar-refractivity contribution in [1.29, 1.82) is 0 Å². The molecule has 1 unspecified atom stereocenters. The molecule has 0 fully saturated rings. The first-order valence-electron chi connectivity index (χ1n) is 7.18. The zero-order valence-corrected chi connectivity index (χ0v) is 12.4. The fraction of sp³-hybridized carbons (Fsp3) is 0.222. The van der Waals surface area contributed by atoms with Crippen LogP contribution in [0.1, 0.15) is 35.4 Å². The van der Waals surface area contributed by atoms with Crippen molar-refractivity contribution in [3.8, 4) is 11.1 Å². The van der Waals surface area contributed by atoms with Crippen LogP contribution in [-0.2, 0) is 9.53 Å². The van der Waals surface area contributed by atoms with E-state index in [4.69, 9.17) is 4.74 Å². The molecule has 1 aliphatic carbocycles. The minimum Gasteiger partial charge on any atom is -0.457 e. The Labute approximate surface area is 131 Å². The van der Waals surface area contributed by atoms with Crippen LogP contribution in [0.2, 0.25) is 0 Å². The topological polar surface area (TPSA) is 43.4 Å². The van der Waals surface area contributed by atoms with E-state index in [0.717, 1.165) is 18.1 Å². The Hall–Kier alpha value is -2.56. The van der Waals surface area contributed by atoms with Crippen LogP contribution in [0.4, 0.5) is 8.78 Å². The second-order valence-electron chi connectivity index (χ2n) is 5.50. The zero-order valence-electron chi connectivity index (χ0n) is 12.4. The molecule has 2 aromatic carbocycles. The van der Waals surface area contributed by atoms with E-state index >= 15 is 0 Å². The molecular weight excluding hydrogens is 302 g/mol. The van der Waals surface area contributed by atoms with Crippen molar-refractivity contribution >= 4 is 11.8 Å². The van der Waals surface area contributed by atoms with Gasteiger partial charge in [0.15, 0.2) is 0 Å². The number of halogens is 2. The van der Waals surface area contributed by atoms with Crippen LogP contribution < -0.4 is 0 Å². The van der Waals surface area contributed by atoms with Gasteiger partial charge in [0, 0.05) is 18.1 Å². The van der Waals surface area contributed by atoms with E-state index < -0.39 is 30.2 Å². The highest BCUT2D eigenvalue weighted by atomic mass is 19.3. The molecule has 0 radical (unpaired) electrons. The third-order valence-electron chi connectivity index (χ3n) is 3.83. The molecule has 0 aliphatic heterocycles. The number of carbonyl (C=O) groups excluding carboxylic acids is 2. The highest BCUT2D eigenvalue weighted by molar-refractivity contribution is 6.04. The zero-order chi connectivity index (χ0) is 16.6. The molecule has 118 valence electrons. The number of hydrogen-bond donors (Lipinski definition) is 0. The van der Waals surface area contributed by atoms with Gasteiger partial charge >= 0.3 is 11.9 Å². The number of hydrogen-bond acceptors (Lipinski definition) is 3. The summed E-state index contributed by atoms with van der Waals surface area (Å²) in [5.41, 5.74) is 1.91. The first kappa shape index (κ1) is 15.3. The van der Waals surface area contributed by atoms with Gasteiger partial charge in [0.25, 0.3) is 0 Å². The molecule has 0 aromatic heterocycles. The van der Waals surface area contributed by atoms with E-state index in [2.05, 4.69) is 0 Å². The molecule has 0 bridgehead atoms. The summed E-state index contributed by atoms with van der Waals surface area (Å²) < 4.78 is 32.7. The average molecular weight is 316 g/mol. The number of esters is 1. The summed E-state index contributed by atoms with van der Waals surface area (Å²) in [6.45, 7) is 1.16. The Kier molecular flexibility index (Phi) is 3.72. The smallest absolute Gasteiger partial charge is 0.313 e. The number of rotatable bonds is 2. The predicted molar refractivity (Wildman–Crippen MR) is 80.3 cm³/mol. The molecule has 23 heavy (non-hydrogen) atoms. The molecule has 0 spiro atoms. The fourth-order valence-corrected chi connectivity index (χ4v) is 2.78. The van der Waals surface area contributed by atoms with E-state index in [1.165, 1.54) is 6.07 Å². The lowest BCUT2D eigenvalue weighted by molar-refractivity contribution is -0.150. The predicted octanol–water partition coefficient (Wildman–Crippen LogP) is 4.18. The van der Waals surface area contributed by atoms with Gasteiger partial charge in [-0.2, -0.15) is 8.78 Å². The van der Waals surface area contributed by atoms with Gasteiger partial charge in [-0.05, 0) is 17.2 Å². The Morgan fingerprint density at radius 3 is 2.48 bits per heavy atom. The monoisotopic (exact) mass is 316 g/mol. The number of Topliss-reactive ketones (excluding diaryl/α,β-unsaturated/α-hetero) is 1. The summed E-state index contributed by atoms with van der Waals surface area (Å²) in [6.07, 6.45) is -1.95. The van der Waals surface area contributed by atoms with E-state index in [0.29, 0.717) is 5.56 Å². The first-order valence-corrected chi connectivity index (χ1v) is 7.18. The Morgan fingerprint density at radius 2 is 1.83 bits per heavy atom. The second kappa shape index (κ2) is 5.57. The van der Waals surface area contributed by atoms with E-state index in [-0.39, 0.29) is 5.56 Å². The van der Waals surface area contributed by atoms with E-state index in [9.17, 15) is 18.4 Å². The lowest BCUT2D eigenvalue weighted by Gasteiger charge is -2.30. The van der Waals surface area contributed by atoms with Crippen LogP contribution in [0, 0.1) is 0 Å². The minimum atomic E-state index is -3.53. The van der Waals surface area contributed by atoms with Crippen LogP contribution in [0.3, 0.4) is 0 Å². The summed E-state index contributed by atoms with van der Waals surface area (Å²) in [6, 6.07) is 14.0. The highest BCUT2D eigenvalue weighted by Crippen LogP contribution is 2.42. The molecule has 5 heteroatoms. The van der Waals surface area contributed by atoms with Crippen molar-refractivity contribution in [1.82, 2.24) is 0 Å². The third kappa shape index (κ3) is 2.86. The molecule has 1 aliphatic rings. The van der Waals surface area contributed by atoms with E-state index in [1.54, 1.807) is 12.1 Å². The third-order valence-corrected chi connectivity index (χ3v) is 3.83. The second-order valence-corrected chi connectivity index (χ2v) is 5.50. The van der Waals surface area contributed by atoms with Gasteiger partial charge in [-0.1, -0.05) is 42.5 Å². The molecule has 0 N–H and O–H groups in total. The fourth-order valence-electron chi connectivity index (χ4n) is 2.78. The van der Waals surface area contributed by atoms with Crippen molar-refractivity contribution in [2.24, 2.45) is 0 Å². The Balaban J connectivity index is 2.11. The van der Waals surface area contributed by atoms with Crippen molar-refractivity contribution < 1.29 is 23.1 Å². The first-order chi connectivity index (χ1) is 10.9. The van der Waals surface area contributed by atoms with Crippen molar-refractivity contribution in [3.05, 3.63) is 59.7 Å². The molecule has 0 heterocycles. The SMILES string of the molecule is CC(=O)OC1CC(F)(F)C(=O)c2ccc(-c3ccccc3)cc21. The van der Waals surface area contributed by atoms with Crippen LogP contribution in [0.5, 0.6) is 0 Å². The van der Waals surface area contributed by atoms with Crippen molar-refractivity contribution in [3.63, 3.8) is 0 Å². The van der Waals surface area contributed by atoms with E-state index in [1.807, 2.05) is 30.3 Å². The van der Waals surface area contributed by atoms with Crippen LogP contribution in [-0.4, -0.2) is 17.7 Å². The number of fused-ring (bicyclic) bond motifs is 1. The van der Waals surface area contributed by atoms with Crippen molar-refractivity contribution in [2.75, 3.05) is 0 Å². The maximum absolute atomic E-state index is 13.9. The van der Waals surface area contributed by atoms with Gasteiger partial charge in [0.2, 0.25) is 5.78 Å². The molecule has 0 saturated carbocycles. The van der Waals surface area contributed by atoms with Crippen LogP contribution in [0.15, 0.2) is 48.5 Å². The van der Waals surface area contributed by atoms with Gasteiger partial charge in [0.05, 0.1) is 6.42 Å². The molecule has 1 atom stereocenters. The van der Waals surface area contributed by atoms with Gasteiger partial charge in [0.1, 0.15) is 6.10 Å². The summed E-state index contributed by atoms with van der Waals surface area (Å²) in [4.78, 5) is 23.1. The molecule has 2 aromatic rings. The lowest BCUT2D eigenvalue weighted by Crippen LogP contribution is -2.37. The molecular formula is C18H14F2O3. The largest absolute Gasteiger partial charge is 0.457 e. The molecule has 0 saturated heterocycles. The number of ether oxygens (including phenoxy) is 1. The van der Waals surface area contributed by atoms with Gasteiger partial charge in [-0.25, -0.2) is 0 Å². The molecule has 0 amide bonds. The number of alkyl halides is 2. The number of benzene rings is 2. The number of carbonyl (C=O) groups is 2. The Morgan fingerprint density at radius 1 is 1.13 bits per heavy atom. The summed E-state index contributed by atoms with van der Waals surface area (Å²) >= 11 is 0. The van der Waals surface area contributed by atoms with Gasteiger partial charge in [-0.3, -0.25) is 9.59 Å². The maximum Gasteiger partial charge on any atom is 0.313 e. The average Bonchev–Trinajstić information content (AvgIpc) is 2.52. The summed E-state index contributed by atoms with van der Waals surface area (Å²) in [5, 5.41) is 0. The summed E-state index contributed by atoms with van der Waals surface area (Å²) in [5.74, 6) is -5.41. The highest BCUT2D eigenvalue weighted by Gasteiger charge is 2.48. The Bertz CT molecular complexity index is 769. The molecule has 3 nitrogen and oxygen atoms in total. The standard InChI is InChI=1S/C18H14F2O3/c1-11(21)23-16-10-18(19,20)17(22)14-8-7-13(9-15(14)16)12-5-3-2-4-6-12/h2-9,16H,10H2,1H3. The van der Waals surface area contributed by atoms with Gasteiger partial charge < -0.3 is 4.74 Å².